The molecule has 1 saturated carbocycles. The van der Waals surface area contributed by atoms with Crippen LogP contribution in [0.3, 0.4) is 0 Å². The lowest BCUT2D eigenvalue weighted by molar-refractivity contribution is -0.131. The average Bonchev–Trinajstić information content (AvgIpc) is 3.25. The van der Waals surface area contributed by atoms with E-state index in [-0.39, 0.29) is 5.92 Å². The van der Waals surface area contributed by atoms with Gasteiger partial charge in [0.2, 0.25) is 5.91 Å². The van der Waals surface area contributed by atoms with Crippen LogP contribution in [0.25, 0.3) is 10.8 Å². The molecule has 3 atom stereocenters. The van der Waals surface area contributed by atoms with Gasteiger partial charge in [-0.25, -0.2) is 0 Å². The van der Waals surface area contributed by atoms with Gasteiger partial charge in [-0.3, -0.25) is 4.79 Å². The maximum absolute atomic E-state index is 12.8. The van der Waals surface area contributed by atoms with Crippen LogP contribution in [-0.2, 0) is 4.79 Å². The molecule has 3 heteroatoms. The smallest absolute Gasteiger partial charge is 0.226 e. The molecular weight excluding hydrogens is 284 g/mol. The third kappa shape index (κ3) is 2.74. The summed E-state index contributed by atoms with van der Waals surface area (Å²) in [5.74, 6) is 1.62. The van der Waals surface area contributed by atoms with Crippen molar-refractivity contribution < 1.29 is 4.79 Å². The Morgan fingerprint density at radius 3 is 2.91 bits per heavy atom. The Morgan fingerprint density at radius 1 is 1.22 bits per heavy atom. The Balaban J connectivity index is 1.48. The first-order valence-corrected chi connectivity index (χ1v) is 8.69. The highest BCUT2D eigenvalue weighted by Gasteiger charge is 2.47. The number of nitrogens with one attached hydrogen (secondary N) is 1. The van der Waals surface area contributed by atoms with Crippen LogP contribution in [0.1, 0.15) is 24.3 Å². The molecule has 2 aromatic rings. The number of nitrogens with zero attached hydrogens (tertiary/aromatic N) is 1. The lowest BCUT2D eigenvalue weighted by Gasteiger charge is -2.17. The largest absolute Gasteiger partial charge is 0.342 e. The monoisotopic (exact) mass is 308 g/mol. The van der Waals surface area contributed by atoms with E-state index in [0.717, 1.165) is 32.5 Å². The predicted molar refractivity (Wildman–Crippen MR) is 93.4 cm³/mol. The molecule has 0 radical (unpaired) electrons. The van der Waals surface area contributed by atoms with E-state index in [1.54, 1.807) is 0 Å². The van der Waals surface area contributed by atoms with Crippen molar-refractivity contribution in [2.45, 2.75) is 18.8 Å². The SMILES string of the molecule is CNCC1CCN(C(=O)C2CC2c2cccc3ccccc23)C1. The summed E-state index contributed by atoms with van der Waals surface area (Å²) in [5, 5.41) is 5.82. The molecule has 1 heterocycles. The highest BCUT2D eigenvalue weighted by molar-refractivity contribution is 5.89. The van der Waals surface area contributed by atoms with E-state index >= 15 is 0 Å². The molecule has 4 rings (SSSR count). The molecule has 23 heavy (non-hydrogen) atoms. The highest BCUT2D eigenvalue weighted by atomic mass is 16.2. The normalized spacial score (nSPS) is 26.7. The van der Waals surface area contributed by atoms with Crippen LogP contribution in [0.15, 0.2) is 42.5 Å². The summed E-state index contributed by atoms with van der Waals surface area (Å²) >= 11 is 0. The summed E-state index contributed by atoms with van der Waals surface area (Å²) in [6, 6.07) is 15.0. The van der Waals surface area contributed by atoms with Crippen molar-refractivity contribution >= 4 is 16.7 Å². The maximum Gasteiger partial charge on any atom is 0.226 e. The summed E-state index contributed by atoms with van der Waals surface area (Å²) in [6.07, 6.45) is 2.15. The van der Waals surface area contributed by atoms with E-state index in [9.17, 15) is 4.79 Å². The summed E-state index contributed by atoms with van der Waals surface area (Å²) in [7, 11) is 1.99. The minimum absolute atomic E-state index is 0.203. The van der Waals surface area contributed by atoms with E-state index in [1.165, 1.54) is 16.3 Å². The van der Waals surface area contributed by atoms with Gasteiger partial charge in [0.1, 0.15) is 0 Å². The van der Waals surface area contributed by atoms with Crippen LogP contribution in [-0.4, -0.2) is 37.5 Å². The summed E-state index contributed by atoms with van der Waals surface area (Å²) in [4.78, 5) is 14.9. The van der Waals surface area contributed by atoms with E-state index < -0.39 is 0 Å². The van der Waals surface area contributed by atoms with Gasteiger partial charge in [-0.2, -0.15) is 0 Å². The zero-order valence-electron chi connectivity index (χ0n) is 13.7. The molecule has 1 saturated heterocycles. The number of carbonyl (C=O) groups excluding carboxylic acids is 1. The average molecular weight is 308 g/mol. The fraction of sp³-hybridized carbons (Fsp3) is 0.450. The Bertz CT molecular complexity index is 721. The van der Waals surface area contributed by atoms with Crippen molar-refractivity contribution in [1.82, 2.24) is 10.2 Å². The first kappa shape index (κ1) is 14.7. The van der Waals surface area contributed by atoms with Gasteiger partial charge in [-0.05, 0) is 54.6 Å². The van der Waals surface area contributed by atoms with E-state index in [4.69, 9.17) is 0 Å². The van der Waals surface area contributed by atoms with Crippen molar-refractivity contribution in [1.29, 1.82) is 0 Å². The molecule has 2 aromatic carbocycles. The zero-order chi connectivity index (χ0) is 15.8. The Kier molecular flexibility index (Phi) is 3.82. The lowest BCUT2D eigenvalue weighted by atomic mass is 10.00. The van der Waals surface area contributed by atoms with Crippen molar-refractivity contribution in [2.24, 2.45) is 11.8 Å². The first-order chi connectivity index (χ1) is 11.3. The minimum atomic E-state index is 0.203. The number of carbonyl (C=O) groups is 1. The van der Waals surface area contributed by atoms with Gasteiger partial charge in [0.25, 0.3) is 0 Å². The Labute approximate surface area is 137 Å². The second kappa shape index (κ2) is 5.97. The second-order valence-corrected chi connectivity index (χ2v) is 7.01. The van der Waals surface area contributed by atoms with Gasteiger partial charge in [-0.15, -0.1) is 0 Å². The summed E-state index contributed by atoms with van der Waals surface area (Å²) in [6.45, 7) is 2.88. The second-order valence-electron chi connectivity index (χ2n) is 7.01. The molecule has 1 aliphatic carbocycles. The standard InChI is InChI=1S/C20H24N2O/c1-21-12-14-9-10-22(13-14)20(23)19-11-18(19)17-8-4-6-15-5-2-3-7-16(15)17/h2-8,14,18-19,21H,9-13H2,1H3. The topological polar surface area (TPSA) is 32.3 Å². The van der Waals surface area contributed by atoms with Gasteiger partial charge in [0.15, 0.2) is 0 Å². The number of hydrogen-bond acceptors (Lipinski definition) is 2. The van der Waals surface area contributed by atoms with Gasteiger partial charge >= 0.3 is 0 Å². The summed E-state index contributed by atoms with van der Waals surface area (Å²) in [5.41, 5.74) is 1.35. The van der Waals surface area contributed by atoms with Gasteiger partial charge in [-0.1, -0.05) is 42.5 Å². The minimum Gasteiger partial charge on any atom is -0.342 e. The molecule has 0 bridgehead atoms. The zero-order valence-corrected chi connectivity index (χ0v) is 13.7. The molecule has 0 aromatic heterocycles. The summed E-state index contributed by atoms with van der Waals surface area (Å²) < 4.78 is 0. The number of benzene rings is 2. The third-order valence-electron chi connectivity index (χ3n) is 5.42. The van der Waals surface area contributed by atoms with Gasteiger partial charge < -0.3 is 10.2 Å². The number of hydrogen-bond donors (Lipinski definition) is 1. The van der Waals surface area contributed by atoms with Crippen molar-refractivity contribution in [3.05, 3.63) is 48.0 Å². The Hall–Kier alpha value is -1.87. The number of rotatable bonds is 4. The van der Waals surface area contributed by atoms with Crippen LogP contribution in [0, 0.1) is 11.8 Å². The highest BCUT2D eigenvalue weighted by Crippen LogP contribution is 2.50. The molecule has 120 valence electrons. The van der Waals surface area contributed by atoms with E-state index in [0.29, 0.717) is 17.7 Å². The van der Waals surface area contributed by atoms with Gasteiger partial charge in [0, 0.05) is 19.0 Å². The predicted octanol–water partition coefficient (Wildman–Crippen LogP) is 3.01. The van der Waals surface area contributed by atoms with Crippen LogP contribution < -0.4 is 5.32 Å². The van der Waals surface area contributed by atoms with Crippen molar-refractivity contribution in [3.63, 3.8) is 0 Å². The fourth-order valence-electron chi connectivity index (χ4n) is 4.11. The molecule has 0 spiro atoms. The molecule has 3 unspecified atom stereocenters. The molecule has 1 amide bonds. The van der Waals surface area contributed by atoms with Crippen LogP contribution in [0.4, 0.5) is 0 Å². The van der Waals surface area contributed by atoms with Crippen LogP contribution >= 0.6 is 0 Å². The molecule has 2 fully saturated rings. The molecule has 3 nitrogen and oxygen atoms in total. The Morgan fingerprint density at radius 2 is 2.04 bits per heavy atom. The lowest BCUT2D eigenvalue weighted by Crippen LogP contribution is -2.31. The molecule has 1 N–H and O–H groups in total. The van der Waals surface area contributed by atoms with Crippen LogP contribution in [0.2, 0.25) is 0 Å². The third-order valence-corrected chi connectivity index (χ3v) is 5.42. The number of amides is 1. The van der Waals surface area contributed by atoms with E-state index in [2.05, 4.69) is 52.7 Å². The maximum atomic E-state index is 12.8. The van der Waals surface area contributed by atoms with Crippen LogP contribution in [0.5, 0.6) is 0 Å². The van der Waals surface area contributed by atoms with Crippen molar-refractivity contribution in [3.8, 4) is 0 Å². The van der Waals surface area contributed by atoms with Crippen molar-refractivity contribution in [2.75, 3.05) is 26.7 Å². The molecular formula is C20H24N2O. The molecule has 2 aliphatic rings. The first-order valence-electron chi connectivity index (χ1n) is 8.69. The quantitative estimate of drug-likeness (QED) is 0.941. The van der Waals surface area contributed by atoms with E-state index in [1.807, 2.05) is 7.05 Å². The number of fused-ring (bicyclic) bond motifs is 1. The number of likely N-dealkylation sites (tertiary alicyclic amines) is 1. The molecule has 1 aliphatic heterocycles. The fourth-order valence-corrected chi connectivity index (χ4v) is 4.11. The van der Waals surface area contributed by atoms with Gasteiger partial charge in [0.05, 0.1) is 0 Å².